The van der Waals surface area contributed by atoms with Crippen molar-refractivity contribution in [3.8, 4) is 5.75 Å². The van der Waals surface area contributed by atoms with Gasteiger partial charge in [-0.3, -0.25) is 0 Å². The molecule has 1 aromatic carbocycles. The summed E-state index contributed by atoms with van der Waals surface area (Å²) in [5, 5.41) is 11.7. The molecule has 0 saturated heterocycles. The number of benzene rings is 1. The molecule has 1 aromatic rings. The van der Waals surface area contributed by atoms with E-state index in [9.17, 15) is 4.39 Å². The van der Waals surface area contributed by atoms with Crippen molar-refractivity contribution in [1.82, 2.24) is 0 Å². The molecule has 1 heterocycles. The van der Waals surface area contributed by atoms with Gasteiger partial charge in [0.2, 0.25) is 0 Å². The summed E-state index contributed by atoms with van der Waals surface area (Å²) in [7, 11) is 0. The molecule has 13 heavy (non-hydrogen) atoms. The zero-order chi connectivity index (χ0) is 9.26. The summed E-state index contributed by atoms with van der Waals surface area (Å²) in [5.74, 6) is -0.236. The molecule has 1 aliphatic rings. The van der Waals surface area contributed by atoms with Crippen molar-refractivity contribution in [3.63, 3.8) is 0 Å². The lowest BCUT2D eigenvalue weighted by atomic mass is 10.0. The van der Waals surface area contributed by atoms with E-state index < -0.39 is 5.82 Å². The molecular weight excluding hydrogens is 173 g/mol. The molecule has 0 atom stereocenters. The largest absolute Gasteiger partial charge is 0.489 e. The Hall–Kier alpha value is -1.58. The first-order chi connectivity index (χ1) is 6.33. The maximum atomic E-state index is 13.1. The third-order valence-electron chi connectivity index (χ3n) is 1.98. The molecule has 0 unspecified atom stereocenters. The summed E-state index contributed by atoms with van der Waals surface area (Å²) in [5.41, 5.74) is 1.01. The molecule has 68 valence electrons. The molecule has 0 fully saturated rings. The van der Waals surface area contributed by atoms with Crippen molar-refractivity contribution in [1.29, 1.82) is 0 Å². The highest BCUT2D eigenvalue weighted by atomic mass is 19.1. The maximum Gasteiger partial charge on any atom is 0.165 e. The van der Waals surface area contributed by atoms with Crippen molar-refractivity contribution in [2.45, 2.75) is 6.42 Å². The number of rotatable bonds is 0. The molecule has 0 spiro atoms. The van der Waals surface area contributed by atoms with E-state index in [2.05, 4.69) is 5.16 Å². The average Bonchev–Trinajstić information content (AvgIpc) is 2.18. The van der Waals surface area contributed by atoms with Gasteiger partial charge >= 0.3 is 0 Å². The van der Waals surface area contributed by atoms with Crippen LogP contribution in [0.25, 0.3) is 0 Å². The zero-order valence-corrected chi connectivity index (χ0v) is 6.83. The number of fused-ring (bicyclic) bond motifs is 1. The van der Waals surface area contributed by atoms with Crippen LogP contribution in [0, 0.1) is 5.82 Å². The normalized spacial score (nSPS) is 18.1. The van der Waals surface area contributed by atoms with Crippen molar-refractivity contribution >= 4 is 5.71 Å². The SMILES string of the molecule is O/N=C1/CCOc2c(F)cccc21. The van der Waals surface area contributed by atoms with Gasteiger partial charge in [-0.25, -0.2) is 4.39 Å². The van der Waals surface area contributed by atoms with Gasteiger partial charge in [0.05, 0.1) is 12.3 Å². The van der Waals surface area contributed by atoms with Gasteiger partial charge in [0.25, 0.3) is 0 Å². The fourth-order valence-corrected chi connectivity index (χ4v) is 1.37. The molecule has 4 heteroatoms. The van der Waals surface area contributed by atoms with E-state index in [4.69, 9.17) is 9.94 Å². The monoisotopic (exact) mass is 181 g/mol. The van der Waals surface area contributed by atoms with Crippen LogP contribution in [0.4, 0.5) is 4.39 Å². The Kier molecular flexibility index (Phi) is 1.88. The number of oxime groups is 1. The number of hydrogen-bond donors (Lipinski definition) is 1. The van der Waals surface area contributed by atoms with E-state index in [1.165, 1.54) is 6.07 Å². The Morgan fingerprint density at radius 1 is 1.46 bits per heavy atom. The maximum absolute atomic E-state index is 13.1. The molecule has 3 nitrogen and oxygen atoms in total. The minimum atomic E-state index is -0.418. The van der Waals surface area contributed by atoms with Crippen LogP contribution >= 0.6 is 0 Å². The van der Waals surface area contributed by atoms with Gasteiger partial charge < -0.3 is 9.94 Å². The Bertz CT molecular complexity index is 363. The van der Waals surface area contributed by atoms with Gasteiger partial charge in [-0.05, 0) is 12.1 Å². The number of halogens is 1. The smallest absolute Gasteiger partial charge is 0.165 e. The Balaban J connectivity index is 2.58. The van der Waals surface area contributed by atoms with Crippen LogP contribution in [0.5, 0.6) is 5.75 Å². The van der Waals surface area contributed by atoms with Gasteiger partial charge in [0.15, 0.2) is 11.6 Å². The second kappa shape index (κ2) is 3.05. The molecule has 1 aliphatic heterocycles. The van der Waals surface area contributed by atoms with E-state index in [0.717, 1.165) is 0 Å². The topological polar surface area (TPSA) is 41.8 Å². The third-order valence-corrected chi connectivity index (χ3v) is 1.98. The fraction of sp³-hybridized carbons (Fsp3) is 0.222. The Morgan fingerprint density at radius 2 is 2.31 bits per heavy atom. The van der Waals surface area contributed by atoms with Gasteiger partial charge in [-0.15, -0.1) is 0 Å². The molecule has 0 radical (unpaired) electrons. The Morgan fingerprint density at radius 3 is 3.08 bits per heavy atom. The average molecular weight is 181 g/mol. The van der Waals surface area contributed by atoms with Gasteiger partial charge in [-0.1, -0.05) is 11.2 Å². The highest BCUT2D eigenvalue weighted by Gasteiger charge is 2.19. The minimum absolute atomic E-state index is 0.182. The first-order valence-electron chi connectivity index (χ1n) is 3.95. The van der Waals surface area contributed by atoms with Crippen LogP contribution in [0.1, 0.15) is 12.0 Å². The quantitative estimate of drug-likeness (QED) is 0.489. The first kappa shape index (κ1) is 8.04. The third kappa shape index (κ3) is 1.24. The predicted octanol–water partition coefficient (Wildman–Crippen LogP) is 1.79. The summed E-state index contributed by atoms with van der Waals surface area (Å²) >= 11 is 0. The summed E-state index contributed by atoms with van der Waals surface area (Å²) < 4.78 is 18.2. The highest BCUT2D eigenvalue weighted by molar-refractivity contribution is 6.03. The second-order valence-corrected chi connectivity index (χ2v) is 2.76. The van der Waals surface area contributed by atoms with Gasteiger partial charge in [-0.2, -0.15) is 0 Å². The summed E-state index contributed by atoms with van der Waals surface area (Å²) in [6.45, 7) is 0.354. The van der Waals surface area contributed by atoms with Gasteiger partial charge in [0, 0.05) is 12.0 Å². The van der Waals surface area contributed by atoms with Crippen molar-refractivity contribution in [3.05, 3.63) is 29.6 Å². The molecule has 2 rings (SSSR count). The van der Waals surface area contributed by atoms with Crippen LogP contribution in [-0.2, 0) is 0 Å². The van der Waals surface area contributed by atoms with Crippen LogP contribution in [0.3, 0.4) is 0 Å². The molecule has 0 aliphatic carbocycles. The van der Waals surface area contributed by atoms with E-state index >= 15 is 0 Å². The summed E-state index contributed by atoms with van der Waals surface area (Å²) in [6.07, 6.45) is 0.507. The van der Waals surface area contributed by atoms with Crippen LogP contribution in [0.2, 0.25) is 0 Å². The molecule has 0 aromatic heterocycles. The zero-order valence-electron chi connectivity index (χ0n) is 6.83. The number of hydrogen-bond acceptors (Lipinski definition) is 3. The van der Waals surface area contributed by atoms with E-state index in [0.29, 0.717) is 24.3 Å². The Labute approximate surface area is 74.4 Å². The lowest BCUT2D eigenvalue weighted by molar-refractivity contribution is 0.289. The highest BCUT2D eigenvalue weighted by Crippen LogP contribution is 2.27. The lowest BCUT2D eigenvalue weighted by Crippen LogP contribution is -2.17. The standard InChI is InChI=1S/C9H8FNO2/c10-7-3-1-2-6-8(11-12)4-5-13-9(6)7/h1-3,12H,4-5H2/b11-8-. The second-order valence-electron chi connectivity index (χ2n) is 2.76. The predicted molar refractivity (Wildman–Crippen MR) is 44.8 cm³/mol. The summed E-state index contributed by atoms with van der Waals surface area (Å²) in [4.78, 5) is 0. The van der Waals surface area contributed by atoms with E-state index in [1.807, 2.05) is 0 Å². The van der Waals surface area contributed by atoms with Crippen LogP contribution in [0.15, 0.2) is 23.4 Å². The van der Waals surface area contributed by atoms with Crippen molar-refractivity contribution < 1.29 is 14.3 Å². The minimum Gasteiger partial charge on any atom is -0.489 e. The van der Waals surface area contributed by atoms with E-state index in [-0.39, 0.29) is 5.75 Å². The van der Waals surface area contributed by atoms with Gasteiger partial charge in [0.1, 0.15) is 0 Å². The van der Waals surface area contributed by atoms with Crippen LogP contribution < -0.4 is 4.74 Å². The number of nitrogens with zero attached hydrogens (tertiary/aromatic N) is 1. The number of ether oxygens (including phenoxy) is 1. The first-order valence-corrected chi connectivity index (χ1v) is 3.95. The molecule has 0 amide bonds. The number of para-hydroxylation sites is 1. The van der Waals surface area contributed by atoms with Crippen molar-refractivity contribution in [2.75, 3.05) is 6.61 Å². The molecular formula is C9H8FNO2. The van der Waals surface area contributed by atoms with E-state index in [1.54, 1.807) is 12.1 Å². The molecule has 0 bridgehead atoms. The van der Waals surface area contributed by atoms with Crippen molar-refractivity contribution in [2.24, 2.45) is 5.16 Å². The lowest BCUT2D eigenvalue weighted by Gasteiger charge is -2.17. The molecule has 1 N–H and O–H groups in total. The molecule has 0 saturated carbocycles. The van der Waals surface area contributed by atoms with Crippen LogP contribution in [-0.4, -0.2) is 17.5 Å². The fourth-order valence-electron chi connectivity index (χ4n) is 1.37. The summed E-state index contributed by atoms with van der Waals surface area (Å²) in [6, 6.07) is 4.56.